The van der Waals surface area contributed by atoms with E-state index >= 15 is 0 Å². The monoisotopic (exact) mass is 460 g/mol. The molecule has 0 unspecified atom stereocenters. The summed E-state index contributed by atoms with van der Waals surface area (Å²) in [5, 5.41) is 4.91. The van der Waals surface area contributed by atoms with E-state index in [-0.39, 0.29) is 0 Å². The Hall–Kier alpha value is -3.77. The molecule has 2 fully saturated rings. The Morgan fingerprint density at radius 3 is 2.51 bits per heavy atom. The molecule has 2 saturated carbocycles. The van der Waals surface area contributed by atoms with Gasteiger partial charge < -0.3 is 11.1 Å². The van der Waals surface area contributed by atoms with Gasteiger partial charge in [-0.05, 0) is 37.8 Å². The van der Waals surface area contributed by atoms with E-state index in [0.29, 0.717) is 17.8 Å². The van der Waals surface area contributed by atoms with Crippen LogP contribution in [0.3, 0.4) is 0 Å². The summed E-state index contributed by atoms with van der Waals surface area (Å²) in [4.78, 5) is 14.5. The van der Waals surface area contributed by atoms with Crippen LogP contribution in [0.5, 0.6) is 0 Å². The van der Waals surface area contributed by atoms with E-state index in [0.717, 1.165) is 63.6 Å². The zero-order chi connectivity index (χ0) is 23.4. The average Bonchev–Trinajstić information content (AvgIpc) is 3.22. The van der Waals surface area contributed by atoms with Crippen LogP contribution in [0, 0.1) is 0 Å². The zero-order valence-electron chi connectivity index (χ0n) is 19.6. The standard InChI is InChI=1S/C29H28N6/c30-28-27-26(20-10-9-19-11-12-24(33-25(19)17-20)18-5-2-1-3-6-18)34-29(35(27)14-13-31-28)21-15-23(16-21)32-22-7-4-8-22/h1-3,5-6,9-14,17,21-23,32H,4,7-8,15-16H2,(H2,30,31). The minimum Gasteiger partial charge on any atom is -0.382 e. The molecule has 3 heterocycles. The minimum absolute atomic E-state index is 0.430. The highest BCUT2D eigenvalue weighted by atomic mass is 15.1. The molecule has 2 aliphatic carbocycles. The van der Waals surface area contributed by atoms with Gasteiger partial charge in [0, 0.05) is 46.9 Å². The highest BCUT2D eigenvalue weighted by molar-refractivity contribution is 5.91. The summed E-state index contributed by atoms with van der Waals surface area (Å²) in [6, 6.07) is 22.2. The molecule has 3 N–H and O–H groups in total. The number of pyridine rings is 1. The van der Waals surface area contributed by atoms with Gasteiger partial charge in [-0.25, -0.2) is 15.0 Å². The van der Waals surface area contributed by atoms with Gasteiger partial charge in [-0.3, -0.25) is 4.40 Å². The topological polar surface area (TPSA) is 81.1 Å². The van der Waals surface area contributed by atoms with Crippen LogP contribution in [-0.4, -0.2) is 31.4 Å². The summed E-state index contributed by atoms with van der Waals surface area (Å²) in [5.41, 5.74) is 12.2. The first-order valence-electron chi connectivity index (χ1n) is 12.6. The van der Waals surface area contributed by atoms with E-state index in [1.807, 2.05) is 24.4 Å². The molecule has 174 valence electrons. The summed E-state index contributed by atoms with van der Waals surface area (Å²) in [6.07, 6.45) is 10.0. The summed E-state index contributed by atoms with van der Waals surface area (Å²) < 4.78 is 2.15. The fraction of sp³-hybridized carbons (Fsp3) is 0.276. The van der Waals surface area contributed by atoms with Gasteiger partial charge in [0.1, 0.15) is 22.9 Å². The van der Waals surface area contributed by atoms with Crippen molar-refractivity contribution in [3.8, 4) is 22.5 Å². The smallest absolute Gasteiger partial charge is 0.150 e. The molecule has 3 aromatic heterocycles. The van der Waals surface area contributed by atoms with E-state index in [9.17, 15) is 0 Å². The molecule has 5 aromatic rings. The number of fused-ring (bicyclic) bond motifs is 2. The van der Waals surface area contributed by atoms with E-state index in [2.05, 4.69) is 57.2 Å². The van der Waals surface area contributed by atoms with Gasteiger partial charge in [0.15, 0.2) is 0 Å². The Labute approximate surface area is 204 Å². The molecule has 6 heteroatoms. The van der Waals surface area contributed by atoms with Crippen molar-refractivity contribution in [2.24, 2.45) is 0 Å². The van der Waals surface area contributed by atoms with Crippen molar-refractivity contribution in [3.63, 3.8) is 0 Å². The third kappa shape index (κ3) is 3.56. The number of nitrogens with one attached hydrogen (secondary N) is 1. The van der Waals surface area contributed by atoms with E-state index in [4.69, 9.17) is 15.7 Å². The predicted octanol–water partition coefficient (Wildman–Crippen LogP) is 5.58. The zero-order valence-corrected chi connectivity index (χ0v) is 19.6. The number of nitrogens with zero attached hydrogens (tertiary/aromatic N) is 4. The molecule has 2 aromatic carbocycles. The van der Waals surface area contributed by atoms with Crippen molar-refractivity contribution in [3.05, 3.63) is 78.9 Å². The molecule has 6 nitrogen and oxygen atoms in total. The number of benzene rings is 2. The Morgan fingerprint density at radius 1 is 0.886 bits per heavy atom. The van der Waals surface area contributed by atoms with Gasteiger partial charge in [-0.1, -0.05) is 55.0 Å². The molecule has 0 aliphatic heterocycles. The lowest BCUT2D eigenvalue weighted by Gasteiger charge is -2.40. The highest BCUT2D eigenvalue weighted by Gasteiger charge is 2.36. The molecular formula is C29H28N6. The molecular weight excluding hydrogens is 432 g/mol. The predicted molar refractivity (Wildman–Crippen MR) is 140 cm³/mol. The number of hydrogen-bond acceptors (Lipinski definition) is 5. The van der Waals surface area contributed by atoms with Crippen LogP contribution >= 0.6 is 0 Å². The quantitative estimate of drug-likeness (QED) is 0.358. The molecule has 2 aliphatic rings. The molecule has 0 amide bonds. The second kappa shape index (κ2) is 8.17. The molecule has 0 bridgehead atoms. The highest BCUT2D eigenvalue weighted by Crippen LogP contribution is 2.40. The lowest BCUT2D eigenvalue weighted by Crippen LogP contribution is -2.48. The molecule has 7 rings (SSSR count). The van der Waals surface area contributed by atoms with Gasteiger partial charge in [0.25, 0.3) is 0 Å². The summed E-state index contributed by atoms with van der Waals surface area (Å²) in [7, 11) is 0. The van der Waals surface area contributed by atoms with Crippen molar-refractivity contribution in [2.45, 2.75) is 50.1 Å². The van der Waals surface area contributed by atoms with Crippen LogP contribution in [0.1, 0.15) is 43.8 Å². The number of nitrogen functional groups attached to an aromatic ring is 1. The first kappa shape index (κ1) is 20.6. The van der Waals surface area contributed by atoms with E-state index in [1.165, 1.54) is 19.3 Å². The third-order valence-corrected chi connectivity index (χ3v) is 7.73. The van der Waals surface area contributed by atoms with Crippen LogP contribution in [0.2, 0.25) is 0 Å². The maximum Gasteiger partial charge on any atom is 0.150 e. The first-order chi connectivity index (χ1) is 17.2. The Morgan fingerprint density at radius 2 is 1.71 bits per heavy atom. The van der Waals surface area contributed by atoms with Gasteiger partial charge in [0.2, 0.25) is 0 Å². The second-order valence-electron chi connectivity index (χ2n) is 9.98. The number of nitrogens with two attached hydrogens (primary N) is 1. The maximum absolute atomic E-state index is 6.40. The van der Waals surface area contributed by atoms with Crippen LogP contribution in [0.4, 0.5) is 5.82 Å². The van der Waals surface area contributed by atoms with Gasteiger partial charge in [-0.2, -0.15) is 0 Å². The number of anilines is 1. The van der Waals surface area contributed by atoms with Gasteiger partial charge in [-0.15, -0.1) is 0 Å². The lowest BCUT2D eigenvalue weighted by molar-refractivity contribution is 0.215. The summed E-state index contributed by atoms with van der Waals surface area (Å²) in [5.74, 6) is 2.02. The van der Waals surface area contributed by atoms with Crippen molar-refractivity contribution in [1.29, 1.82) is 0 Å². The van der Waals surface area contributed by atoms with Crippen molar-refractivity contribution < 1.29 is 0 Å². The molecule has 35 heavy (non-hydrogen) atoms. The van der Waals surface area contributed by atoms with Crippen LogP contribution in [0.15, 0.2) is 73.1 Å². The van der Waals surface area contributed by atoms with E-state index in [1.54, 1.807) is 6.20 Å². The largest absolute Gasteiger partial charge is 0.382 e. The van der Waals surface area contributed by atoms with E-state index < -0.39 is 0 Å². The maximum atomic E-state index is 6.40. The van der Waals surface area contributed by atoms with Crippen molar-refractivity contribution in [1.82, 2.24) is 24.7 Å². The molecule has 0 radical (unpaired) electrons. The van der Waals surface area contributed by atoms with Crippen molar-refractivity contribution in [2.75, 3.05) is 5.73 Å². The Balaban J connectivity index is 1.27. The van der Waals surface area contributed by atoms with Crippen molar-refractivity contribution >= 4 is 22.2 Å². The van der Waals surface area contributed by atoms with Crippen LogP contribution < -0.4 is 11.1 Å². The fourth-order valence-electron chi connectivity index (χ4n) is 5.48. The fourth-order valence-corrected chi connectivity index (χ4v) is 5.48. The first-order valence-corrected chi connectivity index (χ1v) is 12.6. The summed E-state index contributed by atoms with van der Waals surface area (Å²) in [6.45, 7) is 0. The molecule has 0 spiro atoms. The third-order valence-electron chi connectivity index (χ3n) is 7.73. The number of hydrogen-bond donors (Lipinski definition) is 2. The normalized spacial score (nSPS) is 20.1. The number of aromatic nitrogens is 4. The minimum atomic E-state index is 0.430. The SMILES string of the molecule is Nc1nccn2c(C3CC(NC4CCC4)C3)nc(-c3ccc4ccc(-c5ccccc5)nc4c3)c12. The molecule has 0 atom stereocenters. The van der Waals surface area contributed by atoms with Crippen LogP contribution in [0.25, 0.3) is 38.9 Å². The molecule has 0 saturated heterocycles. The van der Waals surface area contributed by atoms with Gasteiger partial charge >= 0.3 is 0 Å². The summed E-state index contributed by atoms with van der Waals surface area (Å²) >= 11 is 0. The average molecular weight is 461 g/mol. The van der Waals surface area contributed by atoms with Gasteiger partial charge in [0.05, 0.1) is 11.2 Å². The van der Waals surface area contributed by atoms with Crippen LogP contribution in [-0.2, 0) is 0 Å². The number of imidazole rings is 1. The second-order valence-corrected chi connectivity index (χ2v) is 9.98. The lowest BCUT2D eigenvalue weighted by atomic mass is 9.78. The Bertz CT molecular complexity index is 1530. The number of rotatable bonds is 5. The Kier molecular flexibility index (Phi) is 4.81.